The molecule has 4 unspecified atom stereocenters. The molecule has 3 aromatic rings. The van der Waals surface area contributed by atoms with E-state index in [4.69, 9.17) is 29.2 Å². The fraction of sp³-hybridized carbons (Fsp3) is 0.662. The number of esters is 1. The molecule has 8 rings (SSSR count). The van der Waals surface area contributed by atoms with Gasteiger partial charge in [-0.1, -0.05) is 245 Å². The number of aliphatic hydroxyl groups excluding tert-OH is 2. The molecule has 5 aliphatic rings. The van der Waals surface area contributed by atoms with Crippen molar-refractivity contribution in [3.63, 3.8) is 0 Å². The van der Waals surface area contributed by atoms with Crippen LogP contribution in [0.5, 0.6) is 5.75 Å². The molecule has 0 saturated heterocycles. The van der Waals surface area contributed by atoms with Crippen molar-refractivity contribution in [3.05, 3.63) is 106 Å². The number of aryl methyl sites for hydroxylation is 3. The van der Waals surface area contributed by atoms with Crippen LogP contribution < -0.4 is 15.4 Å². The Bertz CT molecular complexity index is 1990. The average molecular weight is 1340 g/mol. The van der Waals surface area contributed by atoms with Gasteiger partial charge in [0.1, 0.15) is 19.3 Å². The predicted molar refractivity (Wildman–Crippen MR) is 349 cm³/mol. The van der Waals surface area contributed by atoms with E-state index in [-0.39, 0.29) is 104 Å². The van der Waals surface area contributed by atoms with E-state index >= 15 is 0 Å². The molecule has 3 aromatic carbocycles. The summed E-state index contributed by atoms with van der Waals surface area (Å²) in [6.07, 6.45) is 26.1. The standard InChI is InChI=1S/C24H28O4.C10H18N2O6.C10H20.C9H12.3C4H8.2C2H6.2CH4.2Y/c1-3-5-6-17-28-22-14-9-20(10-15-22)18-23(25)21-12-7-19(8-13-21)11-16-24(26)27-4-2;1-11-9(15)5-7(17-3-13)6(10(16)12-2)8(5)18-4-14;1-5-10-8(3)6-7(2)9(10)4;1-7-4-8(2)6-9(3)5-7;3*1-2-4-3-1;2*1-2;;;;/h7-16H,3-6,17-18H2,1-2H3;5-8,13-14H,3-4H2,1-2H3,(H,11,15)(H,12,16);7-10H,5-6H2,1-4H3;4-6H,1-3H3;3*1-4H2;2*1-2H3;2*1H4;;/b16-11+;;;;;;;;;;;;. The smallest absolute Gasteiger partial charge is 0.330 e. The summed E-state index contributed by atoms with van der Waals surface area (Å²) in [6.45, 7) is 27.7. The second kappa shape index (κ2) is 57.7. The van der Waals surface area contributed by atoms with E-state index in [1.807, 2.05) is 64.1 Å². The van der Waals surface area contributed by atoms with Crippen molar-refractivity contribution in [2.45, 2.75) is 233 Å². The number of Topliss-reactive ketones (excluding diaryl/α,β-unsaturated/α-hetero) is 1. The number of amides is 2. The van der Waals surface area contributed by atoms with Crippen LogP contribution in [0.25, 0.3) is 6.08 Å². The summed E-state index contributed by atoms with van der Waals surface area (Å²) in [5, 5.41) is 22.4. The number of ether oxygens (including phenoxy) is 4. The Kier molecular flexibility index (Phi) is 61.9. The van der Waals surface area contributed by atoms with Gasteiger partial charge in [-0.3, -0.25) is 14.4 Å². The van der Waals surface area contributed by atoms with E-state index in [0.717, 1.165) is 53.6 Å². The molecular weight excluding hydrogens is 1220 g/mol. The van der Waals surface area contributed by atoms with E-state index in [2.05, 4.69) is 84.2 Å². The van der Waals surface area contributed by atoms with Crippen molar-refractivity contribution in [3.8, 4) is 5.75 Å². The van der Waals surface area contributed by atoms with Gasteiger partial charge in [0.25, 0.3) is 0 Å². The molecule has 5 fully saturated rings. The monoisotopic (exact) mass is 1340 g/mol. The number of ketones is 1. The van der Waals surface area contributed by atoms with Gasteiger partial charge in [0.05, 0.1) is 37.3 Å². The topological polar surface area (TPSA) is 170 Å². The number of unbranched alkanes of at least 4 members (excludes halogenated alkanes) is 2. The molecule has 12 nitrogen and oxygen atoms in total. The average Bonchev–Trinajstić information content (AvgIpc) is 3.65. The maximum absolute atomic E-state index is 12.5. The Morgan fingerprint density at radius 3 is 1.32 bits per heavy atom. The molecule has 5 saturated carbocycles. The van der Waals surface area contributed by atoms with Gasteiger partial charge in [-0.25, -0.2) is 4.79 Å². The summed E-state index contributed by atoms with van der Waals surface area (Å²) < 4.78 is 20.5. The third kappa shape index (κ3) is 38.5. The summed E-state index contributed by atoms with van der Waals surface area (Å²) in [6, 6.07) is 21.4. The van der Waals surface area contributed by atoms with E-state index < -0.39 is 37.6 Å². The molecule has 0 bridgehead atoms. The predicted octanol–water partition coefficient (Wildman–Crippen LogP) is 16.6. The first-order chi connectivity index (χ1) is 39.1. The van der Waals surface area contributed by atoms with E-state index in [9.17, 15) is 19.2 Å². The number of carbonyl (C=O) groups excluding carboxylic acids is 4. The second-order valence-electron chi connectivity index (χ2n) is 21.3. The van der Waals surface area contributed by atoms with Gasteiger partial charge in [-0.15, -0.1) is 0 Å². The van der Waals surface area contributed by atoms with Crippen LogP contribution in [0.3, 0.4) is 0 Å². The Balaban J connectivity index is -0.000000320. The molecule has 0 heterocycles. The van der Waals surface area contributed by atoms with E-state index in [1.165, 1.54) is 140 Å². The Hall–Kier alpha value is -2.67. The van der Waals surface area contributed by atoms with Crippen molar-refractivity contribution < 1.29 is 114 Å². The summed E-state index contributed by atoms with van der Waals surface area (Å²) in [7, 11) is 2.89. The van der Waals surface area contributed by atoms with Crippen LogP contribution in [0.15, 0.2) is 72.8 Å². The molecule has 2 amide bonds. The van der Waals surface area contributed by atoms with Crippen LogP contribution in [0.2, 0.25) is 0 Å². The van der Waals surface area contributed by atoms with Gasteiger partial charge >= 0.3 is 5.97 Å². The maximum Gasteiger partial charge on any atom is 0.330 e. The van der Waals surface area contributed by atoms with Crippen molar-refractivity contribution in [1.82, 2.24) is 10.6 Å². The quantitative estimate of drug-likeness (QED) is 0.0316. The van der Waals surface area contributed by atoms with Crippen LogP contribution in [-0.4, -0.2) is 86.9 Å². The minimum atomic E-state index is -0.772. The van der Waals surface area contributed by atoms with Gasteiger partial charge in [-0.2, -0.15) is 0 Å². The van der Waals surface area contributed by atoms with Crippen LogP contribution in [0.1, 0.15) is 231 Å². The van der Waals surface area contributed by atoms with Crippen LogP contribution in [0.4, 0.5) is 0 Å². The minimum Gasteiger partial charge on any atom is -0.494 e. The van der Waals surface area contributed by atoms with Crippen LogP contribution in [0, 0.1) is 56.3 Å². The normalized spacial score (nSPS) is 20.2. The number of nitrogens with one attached hydrogen (secondary N) is 2. The molecule has 14 heteroatoms. The molecule has 4 N–H and O–H groups in total. The number of hydrogen-bond acceptors (Lipinski definition) is 10. The first kappa shape index (κ1) is 91.1. The van der Waals surface area contributed by atoms with Crippen LogP contribution in [-0.2, 0) is 100 Å². The van der Waals surface area contributed by atoms with Crippen molar-refractivity contribution in [1.29, 1.82) is 0 Å². The third-order valence-electron chi connectivity index (χ3n) is 15.2. The van der Waals surface area contributed by atoms with Crippen molar-refractivity contribution in [2.24, 2.45) is 35.5 Å². The molecule has 482 valence electrons. The number of rotatable bonds is 18. The molecule has 2 radical (unpaired) electrons. The second-order valence-corrected chi connectivity index (χ2v) is 21.3. The molecule has 0 aliphatic heterocycles. The Morgan fingerprint density at radius 2 is 1.01 bits per heavy atom. The number of carbonyl (C=O) groups is 4. The number of aliphatic hydroxyl groups is 2. The zero-order valence-corrected chi connectivity index (χ0v) is 60.2. The summed E-state index contributed by atoms with van der Waals surface area (Å²) >= 11 is 0. The Labute approximate surface area is 570 Å². The largest absolute Gasteiger partial charge is 0.494 e. The third-order valence-corrected chi connectivity index (χ3v) is 15.2. The zero-order chi connectivity index (χ0) is 61.0. The summed E-state index contributed by atoms with van der Waals surface area (Å²) in [5.74, 6) is 2.24. The SMILES string of the molecule is C.C.C1CCC1.C1CCC1.C1CCC1.CC.CC.CCC1C(C)CC(C)C1C.CCCCCOc1ccc(CC(=O)c2ccc(/C=C/C(=O)OCC)cc2)cc1.CNC(=O)C1C(OCO)C(C(=O)NC)C1OCO.Cc1cc(C)cc(C)c1.[Y].[Y]. The van der Waals surface area contributed by atoms with Gasteiger partial charge in [0.2, 0.25) is 11.8 Å². The molecule has 0 spiro atoms. The summed E-state index contributed by atoms with van der Waals surface area (Å²) in [5.41, 5.74) is 6.51. The van der Waals surface area contributed by atoms with Gasteiger partial charge in [0.15, 0.2) is 5.78 Å². The van der Waals surface area contributed by atoms with E-state index in [1.54, 1.807) is 25.1 Å². The molecule has 4 atom stereocenters. The molecular formula is C71H122N2O10Y2. The Morgan fingerprint density at radius 1 is 0.600 bits per heavy atom. The van der Waals surface area contributed by atoms with Gasteiger partial charge in [0, 0.05) is 97.6 Å². The van der Waals surface area contributed by atoms with Gasteiger partial charge in [-0.05, 0) is 93.5 Å². The first-order valence-corrected chi connectivity index (χ1v) is 31.2. The first-order valence-electron chi connectivity index (χ1n) is 31.2. The van der Waals surface area contributed by atoms with Crippen molar-refractivity contribution in [2.75, 3.05) is 40.9 Å². The fourth-order valence-electron chi connectivity index (χ4n) is 9.50. The maximum atomic E-state index is 12.5. The van der Waals surface area contributed by atoms with Crippen molar-refractivity contribution >= 4 is 29.6 Å². The zero-order valence-electron chi connectivity index (χ0n) is 54.5. The fourth-order valence-corrected chi connectivity index (χ4v) is 9.50. The summed E-state index contributed by atoms with van der Waals surface area (Å²) in [4.78, 5) is 47.1. The number of benzene rings is 3. The van der Waals surface area contributed by atoms with E-state index in [0.29, 0.717) is 18.6 Å². The molecule has 5 aliphatic carbocycles. The number of hydrogen-bond donors (Lipinski definition) is 4. The minimum absolute atomic E-state index is 0. The van der Waals surface area contributed by atoms with Gasteiger partial charge < -0.3 is 39.8 Å². The molecule has 0 aromatic heterocycles. The molecule has 85 heavy (non-hydrogen) atoms. The van der Waals surface area contributed by atoms with Crippen LogP contribution >= 0.6 is 0 Å².